The van der Waals surface area contributed by atoms with E-state index in [0.717, 1.165) is 43.7 Å². The lowest BCUT2D eigenvalue weighted by Gasteiger charge is -2.28. The molecule has 0 unspecified atom stereocenters. The molecule has 3 heterocycles. The van der Waals surface area contributed by atoms with Gasteiger partial charge >= 0.3 is 0 Å². The monoisotopic (exact) mass is 498 g/mol. The molecule has 184 valence electrons. The first-order valence-corrected chi connectivity index (χ1v) is 13.5. The summed E-state index contributed by atoms with van der Waals surface area (Å²) in [7, 11) is -3.52. The fourth-order valence-electron chi connectivity index (χ4n) is 4.58. The van der Waals surface area contributed by atoms with E-state index in [1.165, 1.54) is 24.2 Å². The highest BCUT2D eigenvalue weighted by atomic mass is 32.2. The average Bonchev–Trinajstić information content (AvgIpc) is 3.48. The Labute approximate surface area is 202 Å². The third kappa shape index (κ3) is 4.64. The molecule has 1 aliphatic carbocycles. The van der Waals surface area contributed by atoms with E-state index in [9.17, 15) is 12.8 Å². The van der Waals surface area contributed by atoms with Crippen molar-refractivity contribution in [3.8, 4) is 11.6 Å². The van der Waals surface area contributed by atoms with Crippen LogP contribution in [-0.4, -0.2) is 44.6 Å². The SMILES string of the molecule is CC(C)c1cc(C2CCC(n3ncc4c(Oc5ccc(S(C)(=O)=O)cc5F)ncnc43)CC2)[nH]n1. The normalized spacial score (nSPS) is 18.9. The Hall–Kier alpha value is -3.34. The minimum absolute atomic E-state index is 0.117. The number of nitrogens with one attached hydrogen (secondary N) is 1. The number of H-pyrrole nitrogens is 1. The Bertz CT molecular complexity index is 1470. The van der Waals surface area contributed by atoms with Crippen molar-refractivity contribution in [3.05, 3.63) is 54.0 Å². The van der Waals surface area contributed by atoms with Gasteiger partial charge in [-0.05, 0) is 55.9 Å². The second-order valence-corrected chi connectivity index (χ2v) is 11.4. The fraction of sp³-hybridized carbons (Fsp3) is 0.417. The van der Waals surface area contributed by atoms with Crippen LogP contribution in [0.2, 0.25) is 0 Å². The number of ether oxygens (including phenoxy) is 1. The second kappa shape index (κ2) is 9.03. The lowest BCUT2D eigenvalue weighted by atomic mass is 9.84. The zero-order valence-electron chi connectivity index (χ0n) is 19.8. The van der Waals surface area contributed by atoms with Crippen molar-refractivity contribution in [2.24, 2.45) is 0 Å². The van der Waals surface area contributed by atoms with Gasteiger partial charge in [0.1, 0.15) is 11.7 Å². The Morgan fingerprint density at radius 2 is 1.91 bits per heavy atom. The van der Waals surface area contributed by atoms with E-state index in [-0.39, 0.29) is 22.6 Å². The van der Waals surface area contributed by atoms with Crippen LogP contribution in [0.15, 0.2) is 41.7 Å². The fourth-order valence-corrected chi connectivity index (χ4v) is 5.21. The van der Waals surface area contributed by atoms with Gasteiger partial charge in [-0.2, -0.15) is 10.2 Å². The maximum absolute atomic E-state index is 14.5. The number of nitrogens with zero attached hydrogens (tertiary/aromatic N) is 5. The topological polar surface area (TPSA) is 116 Å². The first-order valence-electron chi connectivity index (χ1n) is 11.6. The van der Waals surface area contributed by atoms with Crippen LogP contribution in [0.4, 0.5) is 4.39 Å². The van der Waals surface area contributed by atoms with Crippen LogP contribution in [-0.2, 0) is 9.84 Å². The second-order valence-electron chi connectivity index (χ2n) is 9.38. The van der Waals surface area contributed by atoms with Gasteiger partial charge in [0.2, 0.25) is 5.88 Å². The molecule has 0 bridgehead atoms. The number of fused-ring (bicyclic) bond motifs is 1. The van der Waals surface area contributed by atoms with Gasteiger partial charge in [0, 0.05) is 17.9 Å². The molecule has 1 fully saturated rings. The van der Waals surface area contributed by atoms with E-state index >= 15 is 0 Å². The number of sulfone groups is 1. The summed E-state index contributed by atoms with van der Waals surface area (Å²) >= 11 is 0. The van der Waals surface area contributed by atoms with Gasteiger partial charge in [-0.3, -0.25) is 5.10 Å². The molecule has 0 radical (unpaired) electrons. The predicted molar refractivity (Wildman–Crippen MR) is 128 cm³/mol. The summed E-state index contributed by atoms with van der Waals surface area (Å²) < 4.78 is 45.5. The summed E-state index contributed by atoms with van der Waals surface area (Å²) in [5.74, 6) is 0.101. The van der Waals surface area contributed by atoms with E-state index in [1.807, 2.05) is 4.68 Å². The molecule has 1 N–H and O–H groups in total. The highest BCUT2D eigenvalue weighted by Gasteiger charge is 2.27. The molecule has 3 aromatic heterocycles. The number of benzene rings is 1. The summed E-state index contributed by atoms with van der Waals surface area (Å²) in [6.45, 7) is 4.27. The quantitative estimate of drug-likeness (QED) is 0.402. The summed E-state index contributed by atoms with van der Waals surface area (Å²) in [6, 6.07) is 5.89. The molecule has 5 rings (SSSR count). The van der Waals surface area contributed by atoms with Crippen molar-refractivity contribution in [1.29, 1.82) is 0 Å². The summed E-state index contributed by atoms with van der Waals surface area (Å²) in [5.41, 5.74) is 2.90. The van der Waals surface area contributed by atoms with E-state index in [0.29, 0.717) is 22.9 Å². The smallest absolute Gasteiger partial charge is 0.233 e. The number of aromatic amines is 1. The molecular formula is C24H27FN6O3S. The Morgan fingerprint density at radius 1 is 1.14 bits per heavy atom. The molecule has 11 heteroatoms. The maximum atomic E-state index is 14.5. The molecule has 0 aliphatic heterocycles. The van der Waals surface area contributed by atoms with Gasteiger partial charge in [0.05, 0.1) is 22.8 Å². The number of hydrogen-bond acceptors (Lipinski definition) is 7. The molecule has 1 aliphatic rings. The zero-order valence-corrected chi connectivity index (χ0v) is 20.6. The summed E-state index contributed by atoms with van der Waals surface area (Å²) in [6.07, 6.45) is 7.93. The Balaban J connectivity index is 1.34. The van der Waals surface area contributed by atoms with Gasteiger partial charge in [-0.1, -0.05) is 13.8 Å². The molecule has 0 amide bonds. The first kappa shape index (κ1) is 23.4. The predicted octanol–water partition coefficient (Wildman–Crippen LogP) is 4.91. The van der Waals surface area contributed by atoms with Gasteiger partial charge in [-0.25, -0.2) is 27.5 Å². The van der Waals surface area contributed by atoms with E-state index < -0.39 is 15.7 Å². The van der Waals surface area contributed by atoms with Crippen LogP contribution in [0.3, 0.4) is 0 Å². The van der Waals surface area contributed by atoms with Crippen molar-refractivity contribution in [2.75, 3.05) is 6.26 Å². The first-order chi connectivity index (χ1) is 16.7. The van der Waals surface area contributed by atoms with Crippen LogP contribution >= 0.6 is 0 Å². The zero-order chi connectivity index (χ0) is 24.7. The van der Waals surface area contributed by atoms with Gasteiger partial charge in [0.25, 0.3) is 0 Å². The molecule has 35 heavy (non-hydrogen) atoms. The molecule has 0 spiro atoms. The van der Waals surface area contributed by atoms with Gasteiger partial charge in [0.15, 0.2) is 27.1 Å². The van der Waals surface area contributed by atoms with E-state index in [4.69, 9.17) is 4.74 Å². The van der Waals surface area contributed by atoms with Crippen molar-refractivity contribution in [1.82, 2.24) is 29.9 Å². The molecule has 4 aromatic rings. The van der Waals surface area contributed by atoms with Crippen LogP contribution < -0.4 is 4.74 Å². The highest BCUT2D eigenvalue weighted by molar-refractivity contribution is 7.90. The Morgan fingerprint density at radius 3 is 2.57 bits per heavy atom. The van der Waals surface area contributed by atoms with Crippen molar-refractivity contribution in [2.45, 2.75) is 62.3 Å². The number of hydrogen-bond donors (Lipinski definition) is 1. The third-order valence-electron chi connectivity index (χ3n) is 6.58. The Kier molecular flexibility index (Phi) is 6.04. The van der Waals surface area contributed by atoms with Crippen LogP contribution in [0.25, 0.3) is 11.0 Å². The van der Waals surface area contributed by atoms with Gasteiger partial charge < -0.3 is 4.74 Å². The lowest BCUT2D eigenvalue weighted by Crippen LogP contribution is -2.18. The molecule has 0 atom stereocenters. The van der Waals surface area contributed by atoms with Crippen molar-refractivity contribution in [3.63, 3.8) is 0 Å². The number of aromatic nitrogens is 6. The van der Waals surface area contributed by atoms with Crippen LogP contribution in [0.5, 0.6) is 11.6 Å². The minimum Gasteiger partial charge on any atom is -0.435 e. The molecule has 9 nitrogen and oxygen atoms in total. The lowest BCUT2D eigenvalue weighted by molar-refractivity contribution is 0.306. The van der Waals surface area contributed by atoms with Crippen LogP contribution in [0.1, 0.15) is 68.8 Å². The summed E-state index contributed by atoms with van der Waals surface area (Å²) in [5, 5.41) is 12.8. The van der Waals surface area contributed by atoms with Crippen LogP contribution in [0, 0.1) is 5.82 Å². The minimum atomic E-state index is -3.52. The van der Waals surface area contributed by atoms with Crippen molar-refractivity contribution >= 4 is 20.9 Å². The molecule has 1 saturated carbocycles. The van der Waals surface area contributed by atoms with Gasteiger partial charge in [-0.15, -0.1) is 0 Å². The molecular weight excluding hydrogens is 471 g/mol. The van der Waals surface area contributed by atoms with E-state index in [1.54, 1.807) is 6.20 Å². The largest absolute Gasteiger partial charge is 0.435 e. The average molecular weight is 499 g/mol. The standard InChI is InChI=1S/C24H27FN6O3S/c1-14(2)20-11-21(30-29-20)15-4-6-16(7-5-15)31-23-18(12-28-31)24(27-13-26-23)34-22-9-8-17(10-19(22)25)35(3,32)33/h8-16H,4-7H2,1-3H3,(H,29,30). The highest BCUT2D eigenvalue weighted by Crippen LogP contribution is 2.39. The van der Waals surface area contributed by atoms with Crippen molar-refractivity contribution < 1.29 is 17.5 Å². The molecule has 0 saturated heterocycles. The third-order valence-corrected chi connectivity index (χ3v) is 7.69. The van der Waals surface area contributed by atoms with E-state index in [2.05, 4.69) is 45.2 Å². The number of halogens is 1. The number of rotatable bonds is 6. The summed E-state index contributed by atoms with van der Waals surface area (Å²) in [4.78, 5) is 8.45. The maximum Gasteiger partial charge on any atom is 0.233 e. The molecule has 1 aromatic carbocycles.